The van der Waals surface area contributed by atoms with Crippen LogP contribution in [-0.2, 0) is 9.53 Å². The maximum Gasteiger partial charge on any atom is 0.308 e. The maximum absolute atomic E-state index is 12.9. The number of halogens is 1. The van der Waals surface area contributed by atoms with Gasteiger partial charge in [0.05, 0.1) is 5.92 Å². The van der Waals surface area contributed by atoms with Crippen LogP contribution in [0.3, 0.4) is 0 Å². The first-order chi connectivity index (χ1) is 9.95. The Morgan fingerprint density at radius 3 is 2.48 bits per heavy atom. The molecular formula is C15H20FNO4. The number of methoxy groups -OCH3 is 1. The van der Waals surface area contributed by atoms with E-state index in [0.717, 1.165) is 0 Å². The van der Waals surface area contributed by atoms with Crippen molar-refractivity contribution in [2.24, 2.45) is 5.92 Å². The van der Waals surface area contributed by atoms with E-state index in [0.29, 0.717) is 25.1 Å². The Hall–Kier alpha value is -1.95. The fourth-order valence-corrected chi connectivity index (χ4v) is 1.86. The van der Waals surface area contributed by atoms with Crippen LogP contribution < -0.4 is 0 Å². The number of carbonyl (C=O) groups is 2. The zero-order chi connectivity index (χ0) is 15.8. The molecular weight excluding hydrogens is 277 g/mol. The number of ether oxygens (including phenoxy) is 1. The van der Waals surface area contributed by atoms with Gasteiger partial charge in [-0.3, -0.25) is 9.59 Å². The summed E-state index contributed by atoms with van der Waals surface area (Å²) in [7, 11) is 1.56. The predicted molar refractivity (Wildman–Crippen MR) is 75.6 cm³/mol. The second-order valence-electron chi connectivity index (χ2n) is 4.84. The van der Waals surface area contributed by atoms with E-state index in [9.17, 15) is 14.0 Å². The molecule has 1 aromatic rings. The highest BCUT2D eigenvalue weighted by Crippen LogP contribution is 2.10. The molecule has 1 unspecified atom stereocenters. The molecule has 0 aliphatic rings. The van der Waals surface area contributed by atoms with Crippen molar-refractivity contribution >= 4 is 11.9 Å². The van der Waals surface area contributed by atoms with Crippen LogP contribution in [0.15, 0.2) is 24.3 Å². The van der Waals surface area contributed by atoms with Crippen molar-refractivity contribution in [1.82, 2.24) is 4.90 Å². The molecule has 0 spiro atoms. The van der Waals surface area contributed by atoms with Crippen LogP contribution in [-0.4, -0.2) is 48.7 Å². The SMILES string of the molecule is COCCCN(CC(C)C(=O)O)C(=O)c1ccc(F)cc1. The molecule has 0 aromatic heterocycles. The summed E-state index contributed by atoms with van der Waals surface area (Å²) in [5.41, 5.74) is 0.339. The van der Waals surface area contributed by atoms with E-state index in [1.165, 1.54) is 29.2 Å². The third-order valence-electron chi connectivity index (χ3n) is 3.07. The summed E-state index contributed by atoms with van der Waals surface area (Å²) in [5.74, 6) is -2.36. The van der Waals surface area contributed by atoms with Gasteiger partial charge in [-0.05, 0) is 30.7 Å². The highest BCUT2D eigenvalue weighted by Gasteiger charge is 2.21. The molecule has 21 heavy (non-hydrogen) atoms. The van der Waals surface area contributed by atoms with Crippen LogP contribution in [0.25, 0.3) is 0 Å². The first kappa shape index (κ1) is 17.1. The molecule has 0 bridgehead atoms. The predicted octanol–water partition coefficient (Wildman–Crippen LogP) is 2.03. The van der Waals surface area contributed by atoms with Gasteiger partial charge in [0.1, 0.15) is 5.82 Å². The van der Waals surface area contributed by atoms with Crippen LogP contribution in [0.2, 0.25) is 0 Å². The van der Waals surface area contributed by atoms with Crippen molar-refractivity contribution in [3.05, 3.63) is 35.6 Å². The smallest absolute Gasteiger partial charge is 0.308 e. The Bertz CT molecular complexity index is 475. The second kappa shape index (κ2) is 8.36. The van der Waals surface area contributed by atoms with Crippen LogP contribution >= 0.6 is 0 Å². The van der Waals surface area contributed by atoms with E-state index in [1.807, 2.05) is 0 Å². The summed E-state index contributed by atoms with van der Waals surface area (Å²) in [4.78, 5) is 24.8. The van der Waals surface area contributed by atoms with Gasteiger partial charge in [0, 0.05) is 32.4 Å². The van der Waals surface area contributed by atoms with Gasteiger partial charge in [-0.1, -0.05) is 6.92 Å². The van der Waals surface area contributed by atoms with E-state index in [2.05, 4.69) is 0 Å². The summed E-state index contributed by atoms with van der Waals surface area (Å²) in [6.45, 7) is 2.52. The summed E-state index contributed by atoms with van der Waals surface area (Å²) in [5, 5.41) is 8.98. The highest BCUT2D eigenvalue weighted by molar-refractivity contribution is 5.94. The van der Waals surface area contributed by atoms with Crippen molar-refractivity contribution < 1.29 is 23.8 Å². The Morgan fingerprint density at radius 2 is 1.95 bits per heavy atom. The van der Waals surface area contributed by atoms with Gasteiger partial charge < -0.3 is 14.7 Å². The Balaban J connectivity index is 2.80. The van der Waals surface area contributed by atoms with Gasteiger partial charge in [0.2, 0.25) is 0 Å². The third kappa shape index (κ3) is 5.51. The van der Waals surface area contributed by atoms with Crippen molar-refractivity contribution in [3.8, 4) is 0 Å². The number of nitrogens with zero attached hydrogens (tertiary/aromatic N) is 1. The van der Waals surface area contributed by atoms with Gasteiger partial charge >= 0.3 is 5.97 Å². The van der Waals surface area contributed by atoms with E-state index < -0.39 is 17.7 Å². The quantitative estimate of drug-likeness (QED) is 0.746. The Kier molecular flexibility index (Phi) is 6.81. The molecule has 0 radical (unpaired) electrons. The van der Waals surface area contributed by atoms with Gasteiger partial charge in [0.15, 0.2) is 0 Å². The summed E-state index contributed by atoms with van der Waals surface area (Å²) < 4.78 is 17.8. The largest absolute Gasteiger partial charge is 0.481 e. The molecule has 1 N–H and O–H groups in total. The minimum absolute atomic E-state index is 0.106. The van der Waals surface area contributed by atoms with Crippen LogP contribution in [0.4, 0.5) is 4.39 Å². The minimum Gasteiger partial charge on any atom is -0.481 e. The molecule has 1 atom stereocenters. The lowest BCUT2D eigenvalue weighted by molar-refractivity contribution is -0.141. The molecule has 6 heteroatoms. The van der Waals surface area contributed by atoms with Gasteiger partial charge in [0.25, 0.3) is 5.91 Å². The molecule has 1 aromatic carbocycles. The molecule has 1 rings (SSSR count). The number of rotatable bonds is 8. The van der Waals surface area contributed by atoms with Crippen LogP contribution in [0, 0.1) is 11.7 Å². The molecule has 5 nitrogen and oxygen atoms in total. The number of aliphatic carboxylic acids is 1. The second-order valence-corrected chi connectivity index (χ2v) is 4.84. The van der Waals surface area contributed by atoms with Crippen LogP contribution in [0.1, 0.15) is 23.7 Å². The molecule has 0 fully saturated rings. The fraction of sp³-hybridized carbons (Fsp3) is 0.467. The molecule has 0 aliphatic carbocycles. The molecule has 0 aliphatic heterocycles. The monoisotopic (exact) mass is 297 g/mol. The number of amides is 1. The standard InChI is InChI=1S/C15H20FNO4/c1-11(15(19)20)10-17(8-3-9-21-2)14(18)12-4-6-13(16)7-5-12/h4-7,11H,3,8-10H2,1-2H3,(H,19,20). The fourth-order valence-electron chi connectivity index (χ4n) is 1.86. The average molecular weight is 297 g/mol. The van der Waals surface area contributed by atoms with E-state index in [4.69, 9.17) is 9.84 Å². The molecule has 0 saturated carbocycles. The lowest BCUT2D eigenvalue weighted by Crippen LogP contribution is -2.38. The number of hydrogen-bond acceptors (Lipinski definition) is 3. The third-order valence-corrected chi connectivity index (χ3v) is 3.07. The lowest BCUT2D eigenvalue weighted by Gasteiger charge is -2.24. The average Bonchev–Trinajstić information content (AvgIpc) is 2.46. The summed E-state index contributed by atoms with van der Waals surface area (Å²) >= 11 is 0. The molecule has 0 heterocycles. The minimum atomic E-state index is -0.960. The topological polar surface area (TPSA) is 66.8 Å². The number of hydrogen-bond donors (Lipinski definition) is 1. The first-order valence-corrected chi connectivity index (χ1v) is 6.72. The number of carboxylic acids is 1. The van der Waals surface area contributed by atoms with E-state index in [-0.39, 0.29) is 12.5 Å². The van der Waals surface area contributed by atoms with Gasteiger partial charge in [-0.25, -0.2) is 4.39 Å². The van der Waals surface area contributed by atoms with Crippen molar-refractivity contribution in [2.45, 2.75) is 13.3 Å². The zero-order valence-corrected chi connectivity index (χ0v) is 12.2. The number of benzene rings is 1. The highest BCUT2D eigenvalue weighted by atomic mass is 19.1. The number of carboxylic acid groups (broad SMARTS) is 1. The molecule has 1 amide bonds. The Labute approximate surface area is 123 Å². The first-order valence-electron chi connectivity index (χ1n) is 6.72. The van der Waals surface area contributed by atoms with Crippen LogP contribution in [0.5, 0.6) is 0 Å². The lowest BCUT2D eigenvalue weighted by atomic mass is 10.1. The summed E-state index contributed by atoms with van der Waals surface area (Å²) in [6.07, 6.45) is 0.607. The van der Waals surface area contributed by atoms with Crippen molar-refractivity contribution in [1.29, 1.82) is 0 Å². The van der Waals surface area contributed by atoms with Crippen molar-refractivity contribution in [2.75, 3.05) is 26.8 Å². The Morgan fingerprint density at radius 1 is 1.33 bits per heavy atom. The molecule has 0 saturated heterocycles. The zero-order valence-electron chi connectivity index (χ0n) is 12.2. The number of carbonyl (C=O) groups excluding carboxylic acids is 1. The van der Waals surface area contributed by atoms with Crippen molar-refractivity contribution in [3.63, 3.8) is 0 Å². The van der Waals surface area contributed by atoms with Gasteiger partial charge in [-0.15, -0.1) is 0 Å². The van der Waals surface area contributed by atoms with Gasteiger partial charge in [-0.2, -0.15) is 0 Å². The maximum atomic E-state index is 12.9. The van der Waals surface area contributed by atoms with E-state index >= 15 is 0 Å². The summed E-state index contributed by atoms with van der Waals surface area (Å²) in [6, 6.07) is 5.21. The molecule has 116 valence electrons. The normalized spacial score (nSPS) is 12.0. The van der Waals surface area contributed by atoms with E-state index in [1.54, 1.807) is 14.0 Å².